The quantitative estimate of drug-likeness (QED) is 0.746. The number of carboxylic acids is 1. The number of rotatable bonds is 6. The summed E-state index contributed by atoms with van der Waals surface area (Å²) >= 11 is 1.28. The van der Waals surface area contributed by atoms with Gasteiger partial charge in [0.15, 0.2) is 5.13 Å². The first kappa shape index (κ1) is 16.1. The lowest BCUT2D eigenvalue weighted by atomic mass is 10.2. The van der Waals surface area contributed by atoms with Crippen LogP contribution >= 0.6 is 11.3 Å². The number of imide groups is 1. The molecule has 3 N–H and O–H groups in total. The van der Waals surface area contributed by atoms with Crippen molar-refractivity contribution < 1.29 is 19.5 Å². The fourth-order valence-corrected chi connectivity index (χ4v) is 2.19. The van der Waals surface area contributed by atoms with Crippen molar-refractivity contribution in [1.82, 2.24) is 10.3 Å². The van der Waals surface area contributed by atoms with E-state index >= 15 is 0 Å². The number of thiazole rings is 1. The van der Waals surface area contributed by atoms with Crippen molar-refractivity contribution in [3.05, 3.63) is 11.1 Å². The fourth-order valence-electron chi connectivity index (χ4n) is 1.33. The molecule has 0 unspecified atom stereocenters. The second-order valence-corrected chi connectivity index (χ2v) is 5.34. The maximum atomic E-state index is 11.5. The Balaban J connectivity index is 2.35. The van der Waals surface area contributed by atoms with Crippen LogP contribution in [0.5, 0.6) is 0 Å². The van der Waals surface area contributed by atoms with Crippen LogP contribution in [0, 0.1) is 0 Å². The fraction of sp³-hybridized carbons (Fsp3) is 0.500. The Kier molecular flexibility index (Phi) is 6.10. The number of carboxylic acid groups (broad SMARTS) is 1. The Bertz CT molecular complexity index is 499. The molecule has 0 aliphatic rings. The van der Waals surface area contributed by atoms with E-state index in [0.717, 1.165) is 5.69 Å². The lowest BCUT2D eigenvalue weighted by Gasteiger charge is -2.03. The molecule has 0 saturated heterocycles. The number of urea groups is 1. The van der Waals surface area contributed by atoms with Gasteiger partial charge in [0.1, 0.15) is 0 Å². The van der Waals surface area contributed by atoms with E-state index in [1.165, 1.54) is 11.3 Å². The van der Waals surface area contributed by atoms with Crippen LogP contribution in [0.3, 0.4) is 0 Å². The van der Waals surface area contributed by atoms with E-state index in [4.69, 9.17) is 5.11 Å². The predicted octanol–water partition coefficient (Wildman–Crippen LogP) is 2.17. The lowest BCUT2D eigenvalue weighted by Crippen LogP contribution is -2.34. The highest BCUT2D eigenvalue weighted by Crippen LogP contribution is 2.21. The normalized spacial score (nSPS) is 10.3. The van der Waals surface area contributed by atoms with E-state index in [2.05, 4.69) is 15.6 Å². The molecule has 1 heterocycles. The molecular weight excluding hydrogens is 282 g/mol. The van der Waals surface area contributed by atoms with Gasteiger partial charge in [0, 0.05) is 18.2 Å². The van der Waals surface area contributed by atoms with Gasteiger partial charge >= 0.3 is 12.0 Å². The van der Waals surface area contributed by atoms with E-state index in [-0.39, 0.29) is 25.2 Å². The van der Waals surface area contributed by atoms with Crippen LogP contribution in [0.15, 0.2) is 5.38 Å². The third-order valence-electron chi connectivity index (χ3n) is 2.38. The number of anilines is 1. The van der Waals surface area contributed by atoms with Crippen molar-refractivity contribution in [2.24, 2.45) is 0 Å². The molecule has 0 fully saturated rings. The molecule has 3 amide bonds. The second-order valence-electron chi connectivity index (χ2n) is 4.48. The summed E-state index contributed by atoms with van der Waals surface area (Å²) in [5.41, 5.74) is 0.873. The van der Waals surface area contributed by atoms with Crippen LogP contribution in [0.1, 0.15) is 44.7 Å². The smallest absolute Gasteiger partial charge is 0.327 e. The van der Waals surface area contributed by atoms with Crippen molar-refractivity contribution in [1.29, 1.82) is 0 Å². The van der Waals surface area contributed by atoms with E-state index in [1.54, 1.807) is 0 Å². The maximum Gasteiger partial charge on any atom is 0.327 e. The molecule has 20 heavy (non-hydrogen) atoms. The van der Waals surface area contributed by atoms with Crippen molar-refractivity contribution in [3.63, 3.8) is 0 Å². The van der Waals surface area contributed by atoms with Gasteiger partial charge in [-0.3, -0.25) is 20.2 Å². The zero-order valence-electron chi connectivity index (χ0n) is 11.3. The highest BCUT2D eigenvalue weighted by atomic mass is 32.1. The molecule has 8 heteroatoms. The van der Waals surface area contributed by atoms with Gasteiger partial charge in [-0.25, -0.2) is 9.78 Å². The number of hydrogen-bond donors (Lipinski definition) is 3. The van der Waals surface area contributed by atoms with Crippen molar-refractivity contribution in [3.8, 4) is 0 Å². The number of aliphatic carboxylic acids is 1. The molecule has 0 radical (unpaired) electrons. The maximum absolute atomic E-state index is 11.5. The molecule has 1 rings (SSSR count). The van der Waals surface area contributed by atoms with Gasteiger partial charge < -0.3 is 5.11 Å². The number of nitrogens with zero attached hydrogens (tertiary/aromatic N) is 1. The van der Waals surface area contributed by atoms with Gasteiger partial charge in [0.25, 0.3) is 0 Å². The van der Waals surface area contributed by atoms with Crippen LogP contribution in [0.25, 0.3) is 0 Å². The Hall–Kier alpha value is -1.96. The number of amides is 3. The molecule has 0 atom stereocenters. The van der Waals surface area contributed by atoms with Gasteiger partial charge in [-0.2, -0.15) is 0 Å². The predicted molar refractivity (Wildman–Crippen MR) is 74.9 cm³/mol. The Morgan fingerprint density at radius 1 is 1.35 bits per heavy atom. The van der Waals surface area contributed by atoms with Gasteiger partial charge in [0.2, 0.25) is 5.91 Å². The molecule has 0 saturated carbocycles. The minimum atomic E-state index is -0.966. The summed E-state index contributed by atoms with van der Waals surface area (Å²) in [5.74, 6) is -1.21. The standard InChI is InChI=1S/C12H17N3O4S/c1-7(2)8-6-20-12(13-8)15-11(19)14-9(16)4-3-5-10(17)18/h6-7H,3-5H2,1-2H3,(H,17,18)(H2,13,14,15,16,19). The Morgan fingerprint density at radius 3 is 2.60 bits per heavy atom. The van der Waals surface area contributed by atoms with Gasteiger partial charge in [-0.15, -0.1) is 11.3 Å². The van der Waals surface area contributed by atoms with E-state index < -0.39 is 17.9 Å². The monoisotopic (exact) mass is 299 g/mol. The van der Waals surface area contributed by atoms with Crippen molar-refractivity contribution in [2.75, 3.05) is 5.32 Å². The van der Waals surface area contributed by atoms with Gasteiger partial charge in [0.05, 0.1) is 5.69 Å². The Morgan fingerprint density at radius 2 is 2.05 bits per heavy atom. The third kappa shape index (κ3) is 5.79. The topological polar surface area (TPSA) is 108 Å². The zero-order valence-corrected chi connectivity index (χ0v) is 12.1. The van der Waals surface area contributed by atoms with Gasteiger partial charge in [-0.1, -0.05) is 13.8 Å². The number of nitrogens with one attached hydrogen (secondary N) is 2. The highest BCUT2D eigenvalue weighted by molar-refractivity contribution is 7.13. The van der Waals surface area contributed by atoms with Crippen LogP contribution in [0.4, 0.5) is 9.93 Å². The van der Waals surface area contributed by atoms with E-state index in [1.807, 2.05) is 19.2 Å². The SMILES string of the molecule is CC(C)c1csc(NC(=O)NC(=O)CCCC(=O)O)n1. The number of aromatic nitrogens is 1. The summed E-state index contributed by atoms with van der Waals surface area (Å²) in [6.45, 7) is 3.98. The van der Waals surface area contributed by atoms with E-state index in [0.29, 0.717) is 5.13 Å². The lowest BCUT2D eigenvalue weighted by molar-refractivity contribution is -0.137. The molecule has 0 aliphatic carbocycles. The molecule has 0 spiro atoms. The molecule has 110 valence electrons. The minimum absolute atomic E-state index is 0.00513. The summed E-state index contributed by atoms with van der Waals surface area (Å²) < 4.78 is 0. The summed E-state index contributed by atoms with van der Waals surface area (Å²) in [4.78, 5) is 37.3. The number of carbonyl (C=O) groups is 3. The second kappa shape index (κ2) is 7.59. The van der Waals surface area contributed by atoms with Gasteiger partial charge in [-0.05, 0) is 12.3 Å². The largest absolute Gasteiger partial charge is 0.481 e. The van der Waals surface area contributed by atoms with Crippen LogP contribution in [-0.2, 0) is 9.59 Å². The first-order valence-corrected chi connectivity index (χ1v) is 7.04. The Labute approximate surface area is 120 Å². The number of carbonyl (C=O) groups excluding carboxylic acids is 2. The summed E-state index contributed by atoms with van der Waals surface area (Å²) in [5, 5.41) is 15.3. The molecular formula is C12H17N3O4S. The minimum Gasteiger partial charge on any atom is -0.481 e. The average molecular weight is 299 g/mol. The zero-order chi connectivity index (χ0) is 15.1. The van der Waals surface area contributed by atoms with Crippen molar-refractivity contribution >= 4 is 34.4 Å². The summed E-state index contributed by atoms with van der Waals surface area (Å²) in [7, 11) is 0. The third-order valence-corrected chi connectivity index (χ3v) is 3.16. The number of hydrogen-bond acceptors (Lipinski definition) is 5. The average Bonchev–Trinajstić information content (AvgIpc) is 2.76. The first-order valence-electron chi connectivity index (χ1n) is 6.16. The summed E-state index contributed by atoms with van der Waals surface area (Å²) in [6, 6.07) is -0.657. The van der Waals surface area contributed by atoms with Crippen LogP contribution in [0.2, 0.25) is 0 Å². The van der Waals surface area contributed by atoms with Crippen LogP contribution in [-0.4, -0.2) is 28.0 Å². The van der Waals surface area contributed by atoms with Crippen molar-refractivity contribution in [2.45, 2.75) is 39.0 Å². The molecule has 7 nitrogen and oxygen atoms in total. The molecule has 0 aliphatic heterocycles. The molecule has 0 aromatic carbocycles. The summed E-state index contributed by atoms with van der Waals surface area (Å²) in [6.07, 6.45) is 0.0945. The highest BCUT2D eigenvalue weighted by Gasteiger charge is 2.11. The molecule has 0 bridgehead atoms. The van der Waals surface area contributed by atoms with Crippen LogP contribution < -0.4 is 10.6 Å². The molecule has 1 aromatic heterocycles. The molecule has 1 aromatic rings. The van der Waals surface area contributed by atoms with E-state index in [9.17, 15) is 14.4 Å². The first-order chi connectivity index (χ1) is 9.38.